The molecule has 1 unspecified atom stereocenters. The Morgan fingerprint density at radius 3 is 2.42 bits per heavy atom. The molecule has 192 valence electrons. The number of pyridine rings is 1. The maximum atomic E-state index is 14.7. The number of alkyl halides is 2. The molecule has 4 heterocycles. The van der Waals surface area contributed by atoms with E-state index < -0.39 is 29.8 Å². The van der Waals surface area contributed by atoms with Crippen molar-refractivity contribution in [1.29, 1.82) is 0 Å². The zero-order valence-electron chi connectivity index (χ0n) is 20.3. The van der Waals surface area contributed by atoms with Gasteiger partial charge in [0.05, 0.1) is 22.9 Å². The Labute approximate surface area is 207 Å². The van der Waals surface area contributed by atoms with Gasteiger partial charge in [-0.1, -0.05) is 18.2 Å². The number of amides is 1. The van der Waals surface area contributed by atoms with Crippen molar-refractivity contribution in [2.24, 2.45) is 11.8 Å². The number of rotatable bonds is 7. The number of benzene rings is 1. The molecule has 1 amide bonds. The van der Waals surface area contributed by atoms with Crippen molar-refractivity contribution in [3.8, 4) is 0 Å². The molecule has 9 heteroatoms. The van der Waals surface area contributed by atoms with Crippen LogP contribution < -0.4 is 16.2 Å². The predicted molar refractivity (Wildman–Crippen MR) is 130 cm³/mol. The number of nitrogens with zero attached hydrogens (tertiary/aromatic N) is 2. The van der Waals surface area contributed by atoms with Crippen molar-refractivity contribution in [3.63, 3.8) is 0 Å². The number of carbonyl (C=O) groups excluding carboxylic acids is 1. The number of nitrogens with one attached hydrogen (secondary N) is 2. The first-order chi connectivity index (χ1) is 17.2. The van der Waals surface area contributed by atoms with E-state index in [1.165, 1.54) is 18.2 Å². The van der Waals surface area contributed by atoms with Crippen molar-refractivity contribution in [1.82, 2.24) is 14.8 Å². The van der Waals surface area contributed by atoms with Gasteiger partial charge in [0.1, 0.15) is 5.82 Å². The third kappa shape index (κ3) is 3.83. The summed E-state index contributed by atoms with van der Waals surface area (Å²) in [7, 11) is 0. The number of piperidine rings is 3. The van der Waals surface area contributed by atoms with Gasteiger partial charge in [-0.25, -0.2) is 13.2 Å². The molecule has 4 bridgehead atoms. The normalized spacial score (nSPS) is 30.9. The molecule has 3 saturated carbocycles. The minimum atomic E-state index is -2.94. The SMILES string of the molecule is CC(NC(=O)c1cn(C23CC(C2)C3)c(=O)cc1N[C@@H]1CN2CCC1CC2)c1cccc(C(F)F)c1F. The molecule has 0 radical (unpaired) electrons. The quantitative estimate of drug-likeness (QED) is 0.590. The molecule has 3 aliphatic heterocycles. The van der Waals surface area contributed by atoms with E-state index in [0.717, 1.165) is 57.8 Å². The summed E-state index contributed by atoms with van der Waals surface area (Å²) in [5, 5.41) is 6.28. The molecular formula is C27H31F3N4O2. The van der Waals surface area contributed by atoms with Gasteiger partial charge in [0.25, 0.3) is 17.9 Å². The highest BCUT2D eigenvalue weighted by Gasteiger charge is 2.58. The summed E-state index contributed by atoms with van der Waals surface area (Å²) in [5.74, 6) is -0.335. The van der Waals surface area contributed by atoms with Gasteiger partial charge in [-0.05, 0) is 64.0 Å². The Hall–Kier alpha value is -2.81. The summed E-state index contributed by atoms with van der Waals surface area (Å²) in [6.07, 6.45) is 3.71. The van der Waals surface area contributed by atoms with E-state index in [0.29, 0.717) is 23.1 Å². The van der Waals surface area contributed by atoms with Gasteiger partial charge < -0.3 is 20.1 Å². The van der Waals surface area contributed by atoms with Gasteiger partial charge in [-0.15, -0.1) is 0 Å². The van der Waals surface area contributed by atoms with Crippen LogP contribution in [0.5, 0.6) is 0 Å². The van der Waals surface area contributed by atoms with Crippen molar-refractivity contribution in [2.45, 2.75) is 63.1 Å². The molecule has 2 aromatic rings. The summed E-state index contributed by atoms with van der Waals surface area (Å²) >= 11 is 0. The van der Waals surface area contributed by atoms with Crippen LogP contribution in [0.4, 0.5) is 18.9 Å². The van der Waals surface area contributed by atoms with Crippen LogP contribution in [0, 0.1) is 17.7 Å². The number of fused-ring (bicyclic) bond motifs is 3. The van der Waals surface area contributed by atoms with Crippen LogP contribution in [0.15, 0.2) is 35.3 Å². The lowest BCUT2D eigenvalue weighted by Gasteiger charge is -2.62. The minimum Gasteiger partial charge on any atom is -0.380 e. The number of hydrogen-bond acceptors (Lipinski definition) is 4. The molecule has 0 spiro atoms. The average molecular weight is 501 g/mol. The van der Waals surface area contributed by atoms with Crippen LogP contribution in [0.2, 0.25) is 0 Å². The fourth-order valence-corrected chi connectivity index (χ4v) is 6.68. The second-order valence-corrected chi connectivity index (χ2v) is 11.1. The maximum Gasteiger partial charge on any atom is 0.266 e. The Bertz CT molecular complexity index is 1240. The van der Waals surface area contributed by atoms with Crippen molar-refractivity contribution in [3.05, 3.63) is 63.3 Å². The van der Waals surface area contributed by atoms with Crippen molar-refractivity contribution < 1.29 is 18.0 Å². The number of anilines is 1. The summed E-state index contributed by atoms with van der Waals surface area (Å²) < 4.78 is 42.8. The molecule has 8 rings (SSSR count). The predicted octanol–water partition coefficient (Wildman–Crippen LogP) is 4.43. The van der Waals surface area contributed by atoms with E-state index in [9.17, 15) is 22.8 Å². The first-order valence-electron chi connectivity index (χ1n) is 12.9. The standard InChI is InChI=1S/C27H31F3N4O2/c1-15(18-3-2-4-19(24(18)28)25(29)30)31-26(36)20-13-34(27-10-16(11-27)12-27)23(35)9-21(20)32-22-14-33-7-5-17(22)6-8-33/h2-4,9,13,15-17,22,25,32H,5-8,10-12,14H2,1H3,(H,31,36)/t15?,16?,22-,27?/m1/s1. The lowest BCUT2D eigenvalue weighted by Crippen LogP contribution is -2.62. The molecule has 2 N–H and O–H groups in total. The number of halogens is 3. The van der Waals surface area contributed by atoms with Gasteiger partial charge in [0.2, 0.25) is 0 Å². The Balaban J connectivity index is 1.31. The zero-order chi connectivity index (χ0) is 25.2. The van der Waals surface area contributed by atoms with E-state index in [1.807, 2.05) is 0 Å². The second-order valence-electron chi connectivity index (χ2n) is 11.1. The van der Waals surface area contributed by atoms with E-state index in [1.54, 1.807) is 17.7 Å². The summed E-state index contributed by atoms with van der Waals surface area (Å²) in [6.45, 7) is 4.58. The van der Waals surface area contributed by atoms with Crippen LogP contribution in [-0.2, 0) is 5.54 Å². The molecule has 1 aromatic carbocycles. The van der Waals surface area contributed by atoms with Crippen LogP contribution in [-0.4, -0.2) is 41.1 Å². The van der Waals surface area contributed by atoms with Gasteiger partial charge >= 0.3 is 0 Å². The number of carbonyl (C=O) groups is 1. The topological polar surface area (TPSA) is 66.4 Å². The largest absolute Gasteiger partial charge is 0.380 e. The smallest absolute Gasteiger partial charge is 0.266 e. The molecule has 3 saturated heterocycles. The first-order valence-corrected chi connectivity index (χ1v) is 12.9. The molecule has 1 aromatic heterocycles. The minimum absolute atomic E-state index is 0.000734. The maximum absolute atomic E-state index is 14.7. The second kappa shape index (κ2) is 8.64. The molecule has 2 atom stereocenters. The highest BCUT2D eigenvalue weighted by atomic mass is 19.3. The third-order valence-corrected chi connectivity index (χ3v) is 8.92. The lowest BCUT2D eigenvalue weighted by atomic mass is 9.49. The molecule has 6 fully saturated rings. The summed E-state index contributed by atoms with van der Waals surface area (Å²) in [6, 6.07) is 4.65. The van der Waals surface area contributed by atoms with Gasteiger partial charge in [0, 0.05) is 36.0 Å². The molecular weight excluding hydrogens is 469 g/mol. The van der Waals surface area contributed by atoms with E-state index in [-0.39, 0.29) is 22.7 Å². The number of hydrogen-bond donors (Lipinski definition) is 2. The first kappa shape index (κ1) is 23.6. The van der Waals surface area contributed by atoms with Crippen LogP contribution in [0.3, 0.4) is 0 Å². The van der Waals surface area contributed by atoms with Crippen molar-refractivity contribution >= 4 is 11.6 Å². The summed E-state index contributed by atoms with van der Waals surface area (Å²) in [5.41, 5.74) is -0.205. The zero-order valence-corrected chi connectivity index (χ0v) is 20.3. The average Bonchev–Trinajstić information content (AvgIpc) is 2.79. The van der Waals surface area contributed by atoms with Gasteiger partial charge in [-0.3, -0.25) is 9.59 Å². The fraction of sp³-hybridized carbons (Fsp3) is 0.556. The highest BCUT2D eigenvalue weighted by Crippen LogP contribution is 2.61. The molecule has 3 aliphatic carbocycles. The van der Waals surface area contributed by atoms with Crippen LogP contribution in [0.1, 0.15) is 73.0 Å². The van der Waals surface area contributed by atoms with E-state index in [4.69, 9.17) is 0 Å². The fourth-order valence-electron chi connectivity index (χ4n) is 6.68. The third-order valence-electron chi connectivity index (χ3n) is 8.92. The van der Waals surface area contributed by atoms with Gasteiger partial charge in [-0.2, -0.15) is 0 Å². The number of aromatic nitrogens is 1. The molecule has 36 heavy (non-hydrogen) atoms. The van der Waals surface area contributed by atoms with Crippen LogP contribution >= 0.6 is 0 Å². The Morgan fingerprint density at radius 2 is 1.83 bits per heavy atom. The Morgan fingerprint density at radius 1 is 1.14 bits per heavy atom. The summed E-state index contributed by atoms with van der Waals surface area (Å²) in [4.78, 5) is 29.1. The van der Waals surface area contributed by atoms with Crippen LogP contribution in [0.25, 0.3) is 0 Å². The molecule has 6 nitrogen and oxygen atoms in total. The monoisotopic (exact) mass is 500 g/mol. The lowest BCUT2D eigenvalue weighted by molar-refractivity contribution is -0.0914. The Kier molecular flexibility index (Phi) is 5.66. The van der Waals surface area contributed by atoms with Crippen molar-refractivity contribution in [2.75, 3.05) is 25.0 Å². The van der Waals surface area contributed by atoms with E-state index >= 15 is 0 Å². The van der Waals surface area contributed by atoms with Gasteiger partial charge in [0.15, 0.2) is 0 Å². The molecule has 6 aliphatic rings. The highest BCUT2D eigenvalue weighted by molar-refractivity contribution is 5.99. The van der Waals surface area contributed by atoms with E-state index in [2.05, 4.69) is 15.5 Å².